The highest BCUT2D eigenvalue weighted by molar-refractivity contribution is 7.22. The number of hydrogen-bond acceptors (Lipinski definition) is 9. The van der Waals surface area contributed by atoms with Gasteiger partial charge in [-0.2, -0.15) is 0 Å². The Labute approximate surface area is 182 Å². The first-order chi connectivity index (χ1) is 15.1. The number of hydrogen-bond donors (Lipinski definition) is 2. The zero-order chi connectivity index (χ0) is 21.4. The summed E-state index contributed by atoms with van der Waals surface area (Å²) in [5.41, 5.74) is 8.89. The molecule has 0 saturated carbocycles. The predicted octanol–water partition coefficient (Wildman–Crippen LogP) is 3.87. The lowest BCUT2D eigenvalue weighted by atomic mass is 10.1. The number of nitrogens with one attached hydrogen (secondary N) is 1. The molecule has 1 aliphatic rings. The SMILES string of the molecule is Cc1cc(-c2nc(C(=O)Nc3cc4sc(N)nc4nc3N3CCCCC3)co2)ccn1. The topological polar surface area (TPSA) is 123 Å². The number of aromatic nitrogens is 4. The van der Waals surface area contributed by atoms with E-state index < -0.39 is 0 Å². The average Bonchev–Trinajstić information content (AvgIpc) is 3.40. The Hall–Kier alpha value is -3.53. The molecule has 4 aromatic rings. The van der Waals surface area contributed by atoms with Crippen molar-refractivity contribution < 1.29 is 9.21 Å². The Morgan fingerprint density at radius 2 is 2.03 bits per heavy atom. The first kappa shape index (κ1) is 19.4. The Balaban J connectivity index is 1.46. The first-order valence-corrected chi connectivity index (χ1v) is 10.9. The molecule has 1 amide bonds. The van der Waals surface area contributed by atoms with Gasteiger partial charge in [0.15, 0.2) is 22.3 Å². The van der Waals surface area contributed by atoms with E-state index in [0.717, 1.165) is 41.9 Å². The van der Waals surface area contributed by atoms with Crippen molar-refractivity contribution in [2.75, 3.05) is 29.0 Å². The minimum atomic E-state index is -0.363. The summed E-state index contributed by atoms with van der Waals surface area (Å²) in [6.45, 7) is 3.66. The normalized spacial score (nSPS) is 14.2. The molecule has 31 heavy (non-hydrogen) atoms. The predicted molar refractivity (Wildman–Crippen MR) is 120 cm³/mol. The smallest absolute Gasteiger partial charge is 0.277 e. The zero-order valence-corrected chi connectivity index (χ0v) is 17.8. The van der Waals surface area contributed by atoms with Crippen LogP contribution in [0.2, 0.25) is 0 Å². The first-order valence-electron chi connectivity index (χ1n) is 10.1. The maximum atomic E-state index is 13.0. The van der Waals surface area contributed by atoms with Gasteiger partial charge in [0.1, 0.15) is 6.26 Å². The number of carbonyl (C=O) groups excluding carboxylic acids is 1. The third kappa shape index (κ3) is 3.93. The van der Waals surface area contributed by atoms with Crippen LogP contribution in [-0.2, 0) is 0 Å². The van der Waals surface area contributed by atoms with Crippen LogP contribution in [0.25, 0.3) is 21.8 Å². The molecular weight excluding hydrogens is 414 g/mol. The molecular formula is C21H21N7O2S. The van der Waals surface area contributed by atoms with Crippen LogP contribution in [0, 0.1) is 6.92 Å². The maximum Gasteiger partial charge on any atom is 0.277 e. The molecule has 1 saturated heterocycles. The van der Waals surface area contributed by atoms with E-state index in [0.29, 0.717) is 28.2 Å². The Kier molecular flexibility index (Phi) is 4.99. The summed E-state index contributed by atoms with van der Waals surface area (Å²) in [5.74, 6) is 0.715. The summed E-state index contributed by atoms with van der Waals surface area (Å²) in [5, 5.41) is 3.41. The van der Waals surface area contributed by atoms with Crippen molar-refractivity contribution in [1.82, 2.24) is 19.9 Å². The standard InChI is InChI=1S/C21H21N7O2S/c1-12-9-13(5-6-23-12)20-25-15(11-30-20)19(29)24-14-10-16-17(27-21(22)31-16)26-18(14)28-7-3-2-4-8-28/h5-6,9-11H,2-4,7-8H2,1H3,(H,24,29)(H2,22,26,27). The molecule has 10 heteroatoms. The molecule has 0 radical (unpaired) electrons. The highest BCUT2D eigenvalue weighted by Gasteiger charge is 2.22. The second-order valence-corrected chi connectivity index (χ2v) is 8.52. The molecule has 158 valence electrons. The van der Waals surface area contributed by atoms with Crippen molar-refractivity contribution >= 4 is 44.2 Å². The number of carbonyl (C=O) groups is 1. The summed E-state index contributed by atoms with van der Waals surface area (Å²) in [7, 11) is 0. The number of nitrogens with zero attached hydrogens (tertiary/aromatic N) is 5. The Bertz CT molecular complexity index is 1260. The molecule has 0 aromatic carbocycles. The highest BCUT2D eigenvalue weighted by Crippen LogP contribution is 2.33. The van der Waals surface area contributed by atoms with Crippen molar-refractivity contribution in [3.8, 4) is 11.5 Å². The number of amides is 1. The van der Waals surface area contributed by atoms with E-state index in [9.17, 15) is 4.79 Å². The summed E-state index contributed by atoms with van der Waals surface area (Å²) in [4.78, 5) is 32.7. The van der Waals surface area contributed by atoms with Crippen LogP contribution in [0.3, 0.4) is 0 Å². The van der Waals surface area contributed by atoms with Crippen molar-refractivity contribution in [2.45, 2.75) is 26.2 Å². The second-order valence-electron chi connectivity index (χ2n) is 7.46. The van der Waals surface area contributed by atoms with Gasteiger partial charge in [-0.15, -0.1) is 0 Å². The van der Waals surface area contributed by atoms with Gasteiger partial charge in [0.2, 0.25) is 5.89 Å². The number of nitrogen functional groups attached to an aromatic ring is 1. The third-order valence-electron chi connectivity index (χ3n) is 5.16. The molecule has 9 nitrogen and oxygen atoms in total. The van der Waals surface area contributed by atoms with Crippen molar-refractivity contribution in [3.63, 3.8) is 0 Å². The minimum Gasteiger partial charge on any atom is -0.444 e. The molecule has 0 spiro atoms. The zero-order valence-electron chi connectivity index (χ0n) is 17.0. The minimum absolute atomic E-state index is 0.193. The summed E-state index contributed by atoms with van der Waals surface area (Å²) in [6.07, 6.45) is 6.41. The molecule has 0 unspecified atom stereocenters. The van der Waals surface area contributed by atoms with Gasteiger partial charge in [-0.05, 0) is 44.4 Å². The molecule has 0 atom stereocenters. The number of aryl methyl sites for hydroxylation is 1. The molecule has 5 rings (SSSR count). The quantitative estimate of drug-likeness (QED) is 0.495. The number of fused-ring (bicyclic) bond motifs is 1. The van der Waals surface area contributed by atoms with Gasteiger partial charge in [-0.1, -0.05) is 11.3 Å². The summed E-state index contributed by atoms with van der Waals surface area (Å²) < 4.78 is 6.36. The van der Waals surface area contributed by atoms with Gasteiger partial charge in [-0.25, -0.2) is 15.0 Å². The van der Waals surface area contributed by atoms with Gasteiger partial charge in [0.05, 0.1) is 10.4 Å². The van der Waals surface area contributed by atoms with Crippen LogP contribution in [0.15, 0.2) is 35.1 Å². The lowest BCUT2D eigenvalue weighted by Gasteiger charge is -2.29. The summed E-state index contributed by atoms with van der Waals surface area (Å²) >= 11 is 1.34. The van der Waals surface area contributed by atoms with Gasteiger partial charge < -0.3 is 20.4 Å². The van der Waals surface area contributed by atoms with Gasteiger partial charge in [0.25, 0.3) is 5.91 Å². The van der Waals surface area contributed by atoms with E-state index in [4.69, 9.17) is 15.1 Å². The van der Waals surface area contributed by atoms with Crippen molar-refractivity contribution in [2.24, 2.45) is 0 Å². The van der Waals surface area contributed by atoms with Crippen molar-refractivity contribution in [3.05, 3.63) is 42.0 Å². The lowest BCUT2D eigenvalue weighted by Crippen LogP contribution is -2.31. The Morgan fingerprint density at radius 3 is 2.84 bits per heavy atom. The fraction of sp³-hybridized carbons (Fsp3) is 0.286. The van der Waals surface area contributed by atoms with E-state index in [1.54, 1.807) is 12.3 Å². The van der Waals surface area contributed by atoms with E-state index in [1.165, 1.54) is 24.0 Å². The van der Waals surface area contributed by atoms with E-state index in [-0.39, 0.29) is 11.6 Å². The lowest BCUT2D eigenvalue weighted by molar-refractivity contribution is 0.102. The largest absolute Gasteiger partial charge is 0.444 e. The fourth-order valence-corrected chi connectivity index (χ4v) is 4.40. The van der Waals surface area contributed by atoms with Gasteiger partial charge in [-0.3, -0.25) is 9.78 Å². The number of piperidine rings is 1. The van der Waals surface area contributed by atoms with Gasteiger partial charge in [0, 0.05) is 30.5 Å². The molecule has 5 heterocycles. The maximum absolute atomic E-state index is 13.0. The van der Waals surface area contributed by atoms with Gasteiger partial charge >= 0.3 is 0 Å². The number of anilines is 3. The summed E-state index contributed by atoms with van der Waals surface area (Å²) in [6, 6.07) is 5.53. The number of thiazole rings is 1. The highest BCUT2D eigenvalue weighted by atomic mass is 32.1. The molecule has 4 aromatic heterocycles. The van der Waals surface area contributed by atoms with E-state index >= 15 is 0 Å². The van der Waals surface area contributed by atoms with E-state index in [2.05, 4.69) is 25.2 Å². The molecule has 1 fully saturated rings. The van der Waals surface area contributed by atoms with Crippen LogP contribution in [-0.4, -0.2) is 38.9 Å². The van der Waals surface area contributed by atoms with Crippen LogP contribution < -0.4 is 16.0 Å². The molecule has 3 N–H and O–H groups in total. The fourth-order valence-electron chi connectivity index (χ4n) is 3.69. The van der Waals surface area contributed by atoms with Crippen LogP contribution in [0.4, 0.5) is 16.6 Å². The monoisotopic (exact) mass is 435 g/mol. The number of pyridine rings is 2. The number of rotatable bonds is 4. The second kappa shape index (κ2) is 7.95. The Morgan fingerprint density at radius 1 is 1.19 bits per heavy atom. The third-order valence-corrected chi connectivity index (χ3v) is 5.98. The van der Waals surface area contributed by atoms with Crippen LogP contribution in [0.1, 0.15) is 35.4 Å². The van der Waals surface area contributed by atoms with Crippen LogP contribution in [0.5, 0.6) is 0 Å². The van der Waals surface area contributed by atoms with E-state index in [1.807, 2.05) is 19.1 Å². The number of nitrogens with two attached hydrogens (primary N) is 1. The molecule has 1 aliphatic heterocycles. The van der Waals surface area contributed by atoms with Crippen molar-refractivity contribution in [1.29, 1.82) is 0 Å². The van der Waals surface area contributed by atoms with Crippen LogP contribution >= 0.6 is 11.3 Å². The average molecular weight is 436 g/mol. The molecule has 0 aliphatic carbocycles. The molecule has 0 bridgehead atoms. The number of oxazole rings is 1.